The number of hydrogen-bond acceptors (Lipinski definition) is 5. The molecule has 0 bridgehead atoms. The molecule has 2 amide bonds. The Bertz CT molecular complexity index is 743. The first kappa shape index (κ1) is 23.3. The van der Waals surface area contributed by atoms with Gasteiger partial charge in [0, 0.05) is 31.2 Å². The molecule has 2 heterocycles. The largest absolute Gasteiger partial charge is 0.493 e. The Hall–Kier alpha value is -1.99. The quantitative estimate of drug-likeness (QED) is 0.756. The van der Waals surface area contributed by atoms with Crippen LogP contribution in [0.5, 0.6) is 11.5 Å². The Morgan fingerprint density at radius 1 is 1.21 bits per heavy atom. The molecule has 1 aromatic rings. The predicted octanol–water partition coefficient (Wildman–Crippen LogP) is 2.46. The van der Waals surface area contributed by atoms with Crippen LogP contribution >= 0.6 is 12.4 Å². The van der Waals surface area contributed by atoms with Crippen LogP contribution in [-0.4, -0.2) is 66.5 Å². The molecule has 1 unspecified atom stereocenters. The number of nitrogens with zero attached hydrogens (tertiary/aromatic N) is 2. The highest BCUT2D eigenvalue weighted by atomic mass is 35.5. The van der Waals surface area contributed by atoms with Crippen molar-refractivity contribution in [2.45, 2.75) is 51.1 Å². The molecule has 7 nitrogen and oxygen atoms in total. The van der Waals surface area contributed by atoms with E-state index in [1.807, 2.05) is 18.7 Å². The topological polar surface area (TPSA) is 85.1 Å². The van der Waals surface area contributed by atoms with E-state index >= 15 is 0 Å². The number of likely N-dealkylation sites (tertiary alicyclic amines) is 2. The molecule has 29 heavy (non-hydrogen) atoms. The summed E-state index contributed by atoms with van der Waals surface area (Å²) in [4.78, 5) is 30.4. The van der Waals surface area contributed by atoms with Gasteiger partial charge in [-0.25, -0.2) is 0 Å². The van der Waals surface area contributed by atoms with Gasteiger partial charge in [0.15, 0.2) is 11.5 Å². The van der Waals surface area contributed by atoms with Crippen LogP contribution in [0.15, 0.2) is 18.2 Å². The number of hydrogen-bond donors (Lipinski definition) is 1. The lowest BCUT2D eigenvalue weighted by Crippen LogP contribution is -2.62. The van der Waals surface area contributed by atoms with Crippen molar-refractivity contribution in [1.29, 1.82) is 0 Å². The van der Waals surface area contributed by atoms with Gasteiger partial charge in [0.2, 0.25) is 5.91 Å². The molecule has 1 aromatic carbocycles. The van der Waals surface area contributed by atoms with Gasteiger partial charge in [-0.05, 0) is 57.7 Å². The van der Waals surface area contributed by atoms with E-state index in [-0.39, 0.29) is 30.3 Å². The molecule has 2 fully saturated rings. The number of ether oxygens (including phenoxy) is 2. The number of amides is 2. The predicted molar refractivity (Wildman–Crippen MR) is 114 cm³/mol. The van der Waals surface area contributed by atoms with Gasteiger partial charge >= 0.3 is 0 Å². The highest BCUT2D eigenvalue weighted by Crippen LogP contribution is 2.40. The Morgan fingerprint density at radius 3 is 2.52 bits per heavy atom. The fourth-order valence-corrected chi connectivity index (χ4v) is 4.41. The Labute approximate surface area is 178 Å². The molecule has 1 spiro atoms. The van der Waals surface area contributed by atoms with Crippen LogP contribution in [0.1, 0.15) is 49.9 Å². The highest BCUT2D eigenvalue weighted by Gasteiger charge is 2.53. The van der Waals surface area contributed by atoms with E-state index in [2.05, 4.69) is 0 Å². The SMILES string of the molecule is COc1ccc(C(=O)N2CCCC23CCCN(C(C)C)C3=O)cc1OCCN.Cl. The summed E-state index contributed by atoms with van der Waals surface area (Å²) in [6, 6.07) is 5.29. The van der Waals surface area contributed by atoms with Crippen LogP contribution in [0.2, 0.25) is 0 Å². The standard InChI is InChI=1S/C21H31N3O4.ClH/c1-15(2)23-11-4-8-21(20(23)26)9-5-12-24(21)19(25)16-6-7-17(27-3)18(14-16)28-13-10-22;/h6-7,14-15H,4-5,8-13,22H2,1-3H3;1H. The second-order valence-electron chi connectivity index (χ2n) is 7.79. The number of carbonyl (C=O) groups excluding carboxylic acids is 2. The number of nitrogens with two attached hydrogens (primary N) is 1. The smallest absolute Gasteiger partial charge is 0.254 e. The summed E-state index contributed by atoms with van der Waals surface area (Å²) in [7, 11) is 1.56. The molecule has 0 aliphatic carbocycles. The average molecular weight is 426 g/mol. The minimum absolute atomic E-state index is 0. The fourth-order valence-electron chi connectivity index (χ4n) is 4.41. The van der Waals surface area contributed by atoms with E-state index in [9.17, 15) is 9.59 Å². The minimum atomic E-state index is -0.711. The van der Waals surface area contributed by atoms with E-state index in [0.29, 0.717) is 36.8 Å². The third kappa shape index (κ3) is 4.31. The molecule has 1 atom stereocenters. The summed E-state index contributed by atoms with van der Waals surface area (Å²) in [6.07, 6.45) is 3.22. The van der Waals surface area contributed by atoms with Gasteiger partial charge in [0.1, 0.15) is 12.1 Å². The molecule has 162 valence electrons. The first-order valence-corrected chi connectivity index (χ1v) is 10.1. The monoisotopic (exact) mass is 425 g/mol. The van der Waals surface area contributed by atoms with Crippen molar-refractivity contribution in [3.05, 3.63) is 23.8 Å². The molecule has 8 heteroatoms. The number of piperidine rings is 1. The molecule has 0 aromatic heterocycles. The molecule has 0 saturated carbocycles. The number of methoxy groups -OCH3 is 1. The van der Waals surface area contributed by atoms with E-state index in [0.717, 1.165) is 32.2 Å². The normalized spacial score (nSPS) is 21.5. The van der Waals surface area contributed by atoms with Crippen molar-refractivity contribution in [1.82, 2.24) is 9.80 Å². The summed E-state index contributed by atoms with van der Waals surface area (Å²) >= 11 is 0. The van der Waals surface area contributed by atoms with Gasteiger partial charge in [-0.15, -0.1) is 12.4 Å². The Balaban J connectivity index is 0.00000300. The van der Waals surface area contributed by atoms with Gasteiger partial charge in [0.05, 0.1) is 7.11 Å². The molecule has 2 aliphatic heterocycles. The molecular formula is C21H32ClN3O4. The molecule has 0 radical (unpaired) electrons. The van der Waals surface area contributed by atoms with Gasteiger partial charge < -0.3 is 25.0 Å². The lowest BCUT2D eigenvalue weighted by Gasteiger charge is -2.46. The number of halogens is 1. The highest BCUT2D eigenvalue weighted by molar-refractivity contribution is 6.00. The van der Waals surface area contributed by atoms with Gasteiger partial charge in [-0.1, -0.05) is 0 Å². The first-order valence-electron chi connectivity index (χ1n) is 10.1. The Kier molecular flexibility index (Phi) is 7.77. The zero-order valence-corrected chi connectivity index (χ0v) is 18.3. The number of rotatable bonds is 6. The van der Waals surface area contributed by atoms with Crippen LogP contribution < -0.4 is 15.2 Å². The van der Waals surface area contributed by atoms with Gasteiger partial charge in [-0.3, -0.25) is 9.59 Å². The summed E-state index contributed by atoms with van der Waals surface area (Å²) < 4.78 is 11.0. The maximum atomic E-state index is 13.4. The second kappa shape index (κ2) is 9.67. The third-order valence-electron chi connectivity index (χ3n) is 5.79. The minimum Gasteiger partial charge on any atom is -0.493 e. The van der Waals surface area contributed by atoms with Crippen molar-refractivity contribution < 1.29 is 19.1 Å². The van der Waals surface area contributed by atoms with Crippen LogP contribution in [-0.2, 0) is 4.79 Å². The van der Waals surface area contributed by atoms with Crippen LogP contribution in [0.3, 0.4) is 0 Å². The summed E-state index contributed by atoms with van der Waals surface area (Å²) in [5, 5.41) is 0. The molecule has 2 aliphatic rings. The van der Waals surface area contributed by atoms with E-state index in [1.54, 1.807) is 30.2 Å². The van der Waals surface area contributed by atoms with E-state index in [4.69, 9.17) is 15.2 Å². The maximum absolute atomic E-state index is 13.4. The summed E-state index contributed by atoms with van der Waals surface area (Å²) in [5.74, 6) is 1.01. The Morgan fingerprint density at radius 2 is 1.90 bits per heavy atom. The van der Waals surface area contributed by atoms with Crippen molar-refractivity contribution in [3.63, 3.8) is 0 Å². The maximum Gasteiger partial charge on any atom is 0.254 e. The molecule has 2 N–H and O–H groups in total. The lowest BCUT2D eigenvalue weighted by atomic mass is 9.84. The molecular weight excluding hydrogens is 394 g/mol. The van der Waals surface area contributed by atoms with Crippen molar-refractivity contribution in [2.24, 2.45) is 5.73 Å². The molecule has 3 rings (SSSR count). The van der Waals surface area contributed by atoms with Crippen LogP contribution in [0.4, 0.5) is 0 Å². The van der Waals surface area contributed by atoms with Gasteiger partial charge in [-0.2, -0.15) is 0 Å². The van der Waals surface area contributed by atoms with Crippen molar-refractivity contribution in [2.75, 3.05) is 33.4 Å². The van der Waals surface area contributed by atoms with Crippen molar-refractivity contribution in [3.8, 4) is 11.5 Å². The summed E-state index contributed by atoms with van der Waals surface area (Å²) in [6.45, 7) is 6.13. The van der Waals surface area contributed by atoms with E-state index < -0.39 is 5.54 Å². The number of benzene rings is 1. The van der Waals surface area contributed by atoms with Crippen LogP contribution in [0, 0.1) is 0 Å². The van der Waals surface area contributed by atoms with Gasteiger partial charge in [0.25, 0.3) is 5.91 Å². The number of carbonyl (C=O) groups is 2. The second-order valence-corrected chi connectivity index (χ2v) is 7.79. The van der Waals surface area contributed by atoms with Crippen LogP contribution in [0.25, 0.3) is 0 Å². The lowest BCUT2D eigenvalue weighted by molar-refractivity contribution is -0.147. The fraction of sp³-hybridized carbons (Fsp3) is 0.619. The zero-order valence-electron chi connectivity index (χ0n) is 17.5. The zero-order chi connectivity index (χ0) is 20.3. The average Bonchev–Trinajstić information content (AvgIpc) is 3.11. The molecule has 2 saturated heterocycles. The third-order valence-corrected chi connectivity index (χ3v) is 5.79. The first-order chi connectivity index (χ1) is 13.4. The van der Waals surface area contributed by atoms with Crippen molar-refractivity contribution >= 4 is 24.2 Å². The summed E-state index contributed by atoms with van der Waals surface area (Å²) in [5.41, 5.74) is 5.32. The van der Waals surface area contributed by atoms with E-state index in [1.165, 1.54) is 0 Å².